The topological polar surface area (TPSA) is 44.2 Å². The van der Waals surface area contributed by atoms with Crippen molar-refractivity contribution in [3.63, 3.8) is 0 Å². The highest BCUT2D eigenvalue weighted by atomic mass is 16.5. The van der Waals surface area contributed by atoms with Crippen LogP contribution >= 0.6 is 0 Å². The molecule has 0 amide bonds. The van der Waals surface area contributed by atoms with Crippen molar-refractivity contribution in [2.24, 2.45) is 0 Å². The summed E-state index contributed by atoms with van der Waals surface area (Å²) in [6, 6.07) is 3.89. The van der Waals surface area contributed by atoms with E-state index in [1.165, 1.54) is 0 Å². The number of aromatic nitrogens is 2. The first-order chi connectivity index (χ1) is 8.74. The summed E-state index contributed by atoms with van der Waals surface area (Å²) in [5.74, 6) is 1.58. The highest BCUT2D eigenvalue weighted by molar-refractivity contribution is 5.39. The van der Waals surface area contributed by atoms with Crippen LogP contribution in [0.25, 0.3) is 0 Å². The number of hydrogen-bond acceptors (Lipinski definition) is 4. The second kappa shape index (κ2) is 5.49. The Morgan fingerprint density at radius 1 is 1.17 bits per heavy atom. The summed E-state index contributed by atoms with van der Waals surface area (Å²) >= 11 is 0. The number of aryl methyl sites for hydroxylation is 1. The van der Waals surface area contributed by atoms with Crippen molar-refractivity contribution >= 4 is 0 Å². The summed E-state index contributed by atoms with van der Waals surface area (Å²) in [5.41, 5.74) is 3.04. The fourth-order valence-corrected chi connectivity index (χ4v) is 1.87. The monoisotopic (exact) mass is 244 g/mol. The largest absolute Gasteiger partial charge is 0.495 e. The molecule has 94 valence electrons. The Balaban J connectivity index is 2.30. The molecule has 0 N–H and O–H groups in total. The molecule has 0 saturated carbocycles. The van der Waals surface area contributed by atoms with Crippen molar-refractivity contribution in [1.29, 1.82) is 0 Å². The van der Waals surface area contributed by atoms with Crippen LogP contribution in [0.4, 0.5) is 0 Å². The average molecular weight is 244 g/mol. The number of hydrogen-bond donors (Lipinski definition) is 0. The molecule has 0 aliphatic rings. The lowest BCUT2D eigenvalue weighted by Gasteiger charge is -2.10. The maximum absolute atomic E-state index is 5.39. The van der Waals surface area contributed by atoms with Gasteiger partial charge in [-0.05, 0) is 30.2 Å². The fraction of sp³-hybridized carbons (Fsp3) is 0.286. The van der Waals surface area contributed by atoms with Crippen molar-refractivity contribution in [2.75, 3.05) is 14.2 Å². The molecule has 0 radical (unpaired) electrons. The van der Waals surface area contributed by atoms with Crippen molar-refractivity contribution in [1.82, 2.24) is 9.97 Å². The zero-order valence-corrected chi connectivity index (χ0v) is 10.8. The lowest BCUT2D eigenvalue weighted by atomic mass is 10.1. The molecule has 0 aliphatic carbocycles. The van der Waals surface area contributed by atoms with Gasteiger partial charge >= 0.3 is 0 Å². The molecular formula is C14H16N2O2. The van der Waals surface area contributed by atoms with Crippen LogP contribution in [0.3, 0.4) is 0 Å². The molecule has 0 aliphatic heterocycles. The molecule has 4 nitrogen and oxygen atoms in total. The molecule has 0 spiro atoms. The predicted molar refractivity (Wildman–Crippen MR) is 69.1 cm³/mol. The van der Waals surface area contributed by atoms with E-state index in [2.05, 4.69) is 9.97 Å². The van der Waals surface area contributed by atoms with Crippen LogP contribution in [0.5, 0.6) is 11.5 Å². The van der Waals surface area contributed by atoms with E-state index >= 15 is 0 Å². The van der Waals surface area contributed by atoms with E-state index in [0.29, 0.717) is 6.42 Å². The molecule has 0 bridgehead atoms. The Kier molecular flexibility index (Phi) is 3.77. The summed E-state index contributed by atoms with van der Waals surface area (Å²) < 4.78 is 10.5. The number of rotatable bonds is 4. The Morgan fingerprint density at radius 3 is 2.72 bits per heavy atom. The summed E-state index contributed by atoms with van der Waals surface area (Å²) in [7, 11) is 3.30. The Labute approximate surface area is 107 Å². The van der Waals surface area contributed by atoms with Crippen molar-refractivity contribution in [3.8, 4) is 11.5 Å². The number of ether oxygens (including phenoxy) is 2. The summed E-state index contributed by atoms with van der Waals surface area (Å²) in [4.78, 5) is 8.50. The normalized spacial score (nSPS) is 10.2. The maximum atomic E-state index is 5.39. The van der Waals surface area contributed by atoms with Crippen LogP contribution in [0.1, 0.15) is 16.8 Å². The maximum Gasteiger partial charge on any atom is 0.143 e. The van der Waals surface area contributed by atoms with Gasteiger partial charge in [0.05, 0.1) is 26.1 Å². The van der Waals surface area contributed by atoms with Gasteiger partial charge in [-0.25, -0.2) is 0 Å². The molecule has 0 aromatic carbocycles. The van der Waals surface area contributed by atoms with Crippen LogP contribution in [-0.4, -0.2) is 24.2 Å². The van der Waals surface area contributed by atoms with Gasteiger partial charge in [-0.1, -0.05) is 0 Å². The molecule has 0 saturated heterocycles. The Hall–Kier alpha value is -2.10. The smallest absolute Gasteiger partial charge is 0.143 e. The van der Waals surface area contributed by atoms with E-state index in [4.69, 9.17) is 9.47 Å². The third kappa shape index (κ3) is 2.59. The lowest BCUT2D eigenvalue weighted by molar-refractivity contribution is 0.404. The number of nitrogens with zero attached hydrogens (tertiary/aromatic N) is 2. The molecule has 0 atom stereocenters. The number of methoxy groups -OCH3 is 2. The Bertz CT molecular complexity index is 541. The fourth-order valence-electron chi connectivity index (χ4n) is 1.87. The quantitative estimate of drug-likeness (QED) is 0.828. The van der Waals surface area contributed by atoms with Gasteiger partial charge < -0.3 is 9.47 Å². The van der Waals surface area contributed by atoms with Gasteiger partial charge in [0, 0.05) is 18.8 Å². The minimum Gasteiger partial charge on any atom is -0.495 e. The van der Waals surface area contributed by atoms with E-state index < -0.39 is 0 Å². The van der Waals surface area contributed by atoms with E-state index in [-0.39, 0.29) is 0 Å². The van der Waals surface area contributed by atoms with Crippen molar-refractivity contribution < 1.29 is 9.47 Å². The van der Waals surface area contributed by atoms with E-state index in [1.54, 1.807) is 26.6 Å². The summed E-state index contributed by atoms with van der Waals surface area (Å²) in [5, 5.41) is 0. The molecule has 2 aromatic heterocycles. The van der Waals surface area contributed by atoms with Gasteiger partial charge in [0.15, 0.2) is 0 Å². The van der Waals surface area contributed by atoms with Crippen LogP contribution in [0.15, 0.2) is 30.7 Å². The van der Waals surface area contributed by atoms with Gasteiger partial charge in [-0.3, -0.25) is 9.97 Å². The summed E-state index contributed by atoms with van der Waals surface area (Å²) in [6.07, 6.45) is 5.96. The molecule has 2 rings (SSSR count). The van der Waals surface area contributed by atoms with Gasteiger partial charge in [-0.2, -0.15) is 0 Å². The third-order valence-electron chi connectivity index (χ3n) is 2.76. The van der Waals surface area contributed by atoms with Gasteiger partial charge in [0.2, 0.25) is 0 Å². The van der Waals surface area contributed by atoms with Gasteiger partial charge in [0.25, 0.3) is 0 Å². The predicted octanol–water partition coefficient (Wildman–Crippen LogP) is 2.39. The van der Waals surface area contributed by atoms with Crippen molar-refractivity contribution in [2.45, 2.75) is 13.3 Å². The molecular weight excluding hydrogens is 228 g/mol. The van der Waals surface area contributed by atoms with Crippen LogP contribution in [0, 0.1) is 6.92 Å². The molecule has 0 unspecified atom stereocenters. The lowest BCUT2D eigenvalue weighted by Crippen LogP contribution is -1.99. The molecule has 18 heavy (non-hydrogen) atoms. The second-order valence-electron chi connectivity index (χ2n) is 4.02. The molecule has 2 aromatic rings. The van der Waals surface area contributed by atoms with E-state index in [1.807, 2.05) is 25.3 Å². The van der Waals surface area contributed by atoms with Crippen LogP contribution in [0.2, 0.25) is 0 Å². The first-order valence-corrected chi connectivity index (χ1v) is 5.71. The first kappa shape index (κ1) is 12.4. The second-order valence-corrected chi connectivity index (χ2v) is 4.02. The standard InChI is InChI=1S/C14H16N2O2/c1-10-4-5-16-13(14(10)18-3)7-11-6-12(17-2)9-15-8-11/h4-6,8-9H,7H2,1-3H3. The zero-order valence-electron chi connectivity index (χ0n) is 10.8. The van der Waals surface area contributed by atoms with E-state index in [0.717, 1.165) is 28.3 Å². The minimum absolute atomic E-state index is 0.676. The minimum atomic E-state index is 0.676. The molecule has 0 fully saturated rings. The SMILES string of the molecule is COc1cncc(Cc2nccc(C)c2OC)c1. The first-order valence-electron chi connectivity index (χ1n) is 5.71. The number of pyridine rings is 2. The third-order valence-corrected chi connectivity index (χ3v) is 2.76. The Morgan fingerprint density at radius 2 is 2.00 bits per heavy atom. The van der Waals surface area contributed by atoms with Crippen LogP contribution in [-0.2, 0) is 6.42 Å². The van der Waals surface area contributed by atoms with Gasteiger partial charge in [0.1, 0.15) is 11.5 Å². The molecule has 2 heterocycles. The van der Waals surface area contributed by atoms with Crippen LogP contribution < -0.4 is 9.47 Å². The zero-order chi connectivity index (χ0) is 13.0. The molecule has 4 heteroatoms. The highest BCUT2D eigenvalue weighted by Gasteiger charge is 2.09. The van der Waals surface area contributed by atoms with Crippen molar-refractivity contribution in [3.05, 3.63) is 47.5 Å². The average Bonchev–Trinajstić information content (AvgIpc) is 2.39. The summed E-state index contributed by atoms with van der Waals surface area (Å²) in [6.45, 7) is 2.01. The highest BCUT2D eigenvalue weighted by Crippen LogP contribution is 2.23. The van der Waals surface area contributed by atoms with E-state index in [9.17, 15) is 0 Å². The van der Waals surface area contributed by atoms with Gasteiger partial charge in [-0.15, -0.1) is 0 Å².